The molecule has 1 aliphatic heterocycles. The van der Waals surface area contributed by atoms with Crippen molar-refractivity contribution in [2.75, 3.05) is 0 Å². The lowest BCUT2D eigenvalue weighted by Crippen LogP contribution is -2.07. The predicted molar refractivity (Wildman–Crippen MR) is 300 cm³/mol. The molecule has 13 rings (SSSR count). The minimum atomic E-state index is 0.335. The van der Waals surface area contributed by atoms with Gasteiger partial charge in [-0.25, -0.2) is 9.97 Å². The van der Waals surface area contributed by atoms with Crippen LogP contribution >= 0.6 is 23.1 Å². The molecule has 0 N–H and O–H groups in total. The van der Waals surface area contributed by atoms with Gasteiger partial charge < -0.3 is 4.57 Å². The van der Waals surface area contributed by atoms with Crippen molar-refractivity contribution >= 4 is 99.3 Å². The Balaban J connectivity index is 0.00000160. The van der Waals surface area contributed by atoms with Crippen LogP contribution in [0.15, 0.2) is 198 Å². The molecule has 0 fully saturated rings. The fourth-order valence-electron chi connectivity index (χ4n) is 10.5. The molecule has 3 nitrogen and oxygen atoms in total. The van der Waals surface area contributed by atoms with Crippen molar-refractivity contribution in [2.24, 2.45) is 0 Å². The summed E-state index contributed by atoms with van der Waals surface area (Å²) in [6.07, 6.45) is 21.0. The molecule has 1 atom stereocenters. The Morgan fingerprint density at radius 2 is 1.43 bits per heavy atom. The van der Waals surface area contributed by atoms with E-state index in [2.05, 4.69) is 226 Å². The first-order valence-electron chi connectivity index (χ1n) is 24.2. The number of nitrogens with zero attached hydrogens (tertiary/aromatic N) is 3. The highest BCUT2D eigenvalue weighted by atomic mass is 32.2. The van der Waals surface area contributed by atoms with Gasteiger partial charge in [-0.1, -0.05) is 172 Å². The average Bonchev–Trinajstić information content (AvgIpc) is 4.08. The van der Waals surface area contributed by atoms with Crippen molar-refractivity contribution in [1.82, 2.24) is 14.5 Å². The third-order valence-electron chi connectivity index (χ3n) is 13.6. The Bertz CT molecular complexity index is 3890. The number of thiophene rings is 1. The molecular weight excluding hydrogens is 875 g/mol. The zero-order valence-electron chi connectivity index (χ0n) is 39.3. The predicted octanol–water partition coefficient (Wildman–Crippen LogP) is 18.2. The Morgan fingerprint density at radius 3 is 2.28 bits per heavy atom. The van der Waals surface area contributed by atoms with E-state index in [0.717, 1.165) is 51.5 Å². The largest absolute Gasteiger partial charge is 0.309 e. The lowest BCUT2D eigenvalue weighted by Gasteiger charge is -2.20. The maximum atomic E-state index is 5.51. The molecule has 0 saturated carbocycles. The van der Waals surface area contributed by atoms with E-state index in [-0.39, 0.29) is 0 Å². The van der Waals surface area contributed by atoms with Crippen LogP contribution in [-0.2, 0) is 6.42 Å². The van der Waals surface area contributed by atoms with Gasteiger partial charge in [0.2, 0.25) is 0 Å². The van der Waals surface area contributed by atoms with Gasteiger partial charge in [0.1, 0.15) is 0 Å². The highest BCUT2D eigenvalue weighted by Gasteiger charge is 2.32. The summed E-state index contributed by atoms with van der Waals surface area (Å²) >= 11 is 3.91. The van der Waals surface area contributed by atoms with Crippen molar-refractivity contribution in [2.45, 2.75) is 57.1 Å². The highest BCUT2D eigenvalue weighted by Crippen LogP contribution is 2.53. The first kappa shape index (κ1) is 43.0. The minimum Gasteiger partial charge on any atom is -0.309 e. The molecule has 0 spiro atoms. The van der Waals surface area contributed by atoms with Crippen LogP contribution in [0, 0.1) is 0 Å². The van der Waals surface area contributed by atoms with E-state index in [1.165, 1.54) is 92.0 Å². The van der Waals surface area contributed by atoms with Crippen molar-refractivity contribution in [3.8, 4) is 22.6 Å². The van der Waals surface area contributed by atoms with Crippen LogP contribution in [0.2, 0.25) is 0 Å². The van der Waals surface area contributed by atoms with Crippen LogP contribution in [0.1, 0.15) is 68.5 Å². The molecule has 2 aliphatic carbocycles. The molecule has 3 aliphatic rings. The van der Waals surface area contributed by atoms with Gasteiger partial charge in [-0.2, -0.15) is 0 Å². The van der Waals surface area contributed by atoms with Gasteiger partial charge in [-0.15, -0.1) is 23.1 Å². The van der Waals surface area contributed by atoms with E-state index in [1.54, 1.807) is 0 Å². The van der Waals surface area contributed by atoms with E-state index in [4.69, 9.17) is 9.97 Å². The summed E-state index contributed by atoms with van der Waals surface area (Å²) in [5.41, 5.74) is 16.4. The van der Waals surface area contributed by atoms with Crippen LogP contribution in [0.4, 0.5) is 0 Å². The lowest BCUT2D eigenvalue weighted by atomic mass is 9.91. The fourth-order valence-corrected chi connectivity index (χ4v) is 13.0. The molecule has 7 aromatic carbocycles. The first-order valence-corrected chi connectivity index (χ1v) is 25.9. The second kappa shape index (κ2) is 18.0. The molecule has 3 aromatic heterocycles. The highest BCUT2D eigenvalue weighted by molar-refractivity contribution is 8.00. The summed E-state index contributed by atoms with van der Waals surface area (Å²) < 4.78 is 5.26. The molecule has 0 saturated heterocycles. The van der Waals surface area contributed by atoms with E-state index < -0.39 is 0 Å². The quantitative estimate of drug-likeness (QED) is 0.161. The minimum absolute atomic E-state index is 0.335. The third-order valence-corrected chi connectivity index (χ3v) is 16.2. The van der Waals surface area contributed by atoms with Crippen LogP contribution in [0.3, 0.4) is 0 Å². The van der Waals surface area contributed by atoms with Gasteiger partial charge in [0.25, 0.3) is 0 Å². The maximum Gasteiger partial charge on any atom is 0.160 e. The molecular formula is C64H51N3S2. The van der Waals surface area contributed by atoms with Gasteiger partial charge in [-0.3, -0.25) is 0 Å². The maximum absolute atomic E-state index is 5.51. The summed E-state index contributed by atoms with van der Waals surface area (Å²) in [7, 11) is 0. The monoisotopic (exact) mass is 925 g/mol. The molecule has 10 aromatic rings. The number of benzene rings is 7. The topological polar surface area (TPSA) is 30.7 Å². The summed E-state index contributed by atoms with van der Waals surface area (Å²) in [6.45, 7) is 8.50. The Kier molecular flexibility index (Phi) is 11.2. The summed E-state index contributed by atoms with van der Waals surface area (Å²) in [5, 5.41) is 8.25. The molecule has 0 radical (unpaired) electrons. The van der Waals surface area contributed by atoms with Gasteiger partial charge >= 0.3 is 0 Å². The molecule has 0 bridgehead atoms. The lowest BCUT2D eigenvalue weighted by molar-refractivity contribution is 1.06. The van der Waals surface area contributed by atoms with Gasteiger partial charge in [0, 0.05) is 75.3 Å². The molecule has 1 unspecified atom stereocenters. The Morgan fingerprint density at radius 1 is 0.696 bits per heavy atom. The normalized spacial score (nSPS) is 17.0. The molecule has 5 heteroatoms. The van der Waals surface area contributed by atoms with E-state index in [1.807, 2.05) is 23.1 Å². The standard InChI is InChI=1S/C61H43N3S2.C3H8/c1-3-4-6-19-39-33-40-20-9-10-21-41(40)34-50-51(32-37(39)2)62-61(38-17-7-5-8-18-38)63-58(50)42-28-30-54-48(35-42)49-36-43(29-31-55(49)65-54)64-52-26-15-13-24-46(52)56-44-22-11-12-23-45(44)60-57(59(56)64)47-25-14-16-27-53(47)66-60;1-3-2/h3-30,32-33,35-36,55H,31,34H2,1-2H3;3H2,1-2H3/b4-3-,19-6-,37-32+,39-33-;. The zero-order valence-corrected chi connectivity index (χ0v) is 41.0. The van der Waals surface area contributed by atoms with E-state index >= 15 is 0 Å². The second-order valence-corrected chi connectivity index (χ2v) is 20.5. The summed E-state index contributed by atoms with van der Waals surface area (Å²) in [6, 6.07) is 53.3. The van der Waals surface area contributed by atoms with Crippen LogP contribution in [0.5, 0.6) is 0 Å². The Hall–Kier alpha value is -7.31. The van der Waals surface area contributed by atoms with Crippen LogP contribution in [0.25, 0.3) is 98.8 Å². The number of rotatable bonds is 5. The number of allylic oxidation sites excluding steroid dienone is 9. The molecule has 334 valence electrons. The molecule has 4 heterocycles. The summed E-state index contributed by atoms with van der Waals surface area (Å²) in [5.74, 6) is 0.733. The average molecular weight is 926 g/mol. The van der Waals surface area contributed by atoms with Crippen LogP contribution in [-0.4, -0.2) is 19.8 Å². The third kappa shape index (κ3) is 7.43. The summed E-state index contributed by atoms with van der Waals surface area (Å²) in [4.78, 5) is 12.2. The smallest absolute Gasteiger partial charge is 0.160 e. The van der Waals surface area contributed by atoms with Crippen molar-refractivity contribution in [3.63, 3.8) is 0 Å². The SMILES string of the molecule is CCC.C\C=C/C=C\C1=C\c2ccccc2Cc2c(nc(-c3ccccc3)nc2-c2ccc3c(c2)C2=CC(n4c5ccccc5c5c6ccccc6c6sc7ccccc7c6c54)=CCC2S3)/C=C/1C. The van der Waals surface area contributed by atoms with Gasteiger partial charge in [0.05, 0.1) is 22.4 Å². The number of hydrogen-bond acceptors (Lipinski definition) is 4. The van der Waals surface area contributed by atoms with Crippen molar-refractivity contribution in [1.29, 1.82) is 0 Å². The van der Waals surface area contributed by atoms with Crippen molar-refractivity contribution in [3.05, 3.63) is 221 Å². The number of para-hydroxylation sites is 1. The van der Waals surface area contributed by atoms with E-state index in [9.17, 15) is 0 Å². The second-order valence-electron chi connectivity index (χ2n) is 18.2. The number of thioether (sulfide) groups is 1. The molecule has 0 amide bonds. The Labute approximate surface area is 412 Å². The fraction of sp³-hybridized carbons (Fsp3) is 0.125. The number of fused-ring (bicyclic) bond motifs is 15. The van der Waals surface area contributed by atoms with Gasteiger partial charge in [0.15, 0.2) is 5.82 Å². The molecule has 69 heavy (non-hydrogen) atoms. The number of hydrogen-bond donors (Lipinski definition) is 0. The van der Waals surface area contributed by atoms with Crippen molar-refractivity contribution < 1.29 is 0 Å². The zero-order chi connectivity index (χ0) is 46.6. The van der Waals surface area contributed by atoms with Crippen LogP contribution < -0.4 is 0 Å². The number of aromatic nitrogens is 3. The van der Waals surface area contributed by atoms with E-state index in [0.29, 0.717) is 11.7 Å². The van der Waals surface area contributed by atoms with Gasteiger partial charge in [-0.05, 0) is 102 Å². The first-order chi connectivity index (χ1) is 34.0.